The van der Waals surface area contributed by atoms with Crippen molar-refractivity contribution in [1.29, 1.82) is 0 Å². The van der Waals surface area contributed by atoms with Crippen LogP contribution in [0.15, 0.2) is 24.3 Å². The number of ether oxygens (including phenoxy) is 1. The molecule has 92 valence electrons. The van der Waals surface area contributed by atoms with Gasteiger partial charge in [0.05, 0.1) is 6.61 Å². The molecule has 1 aliphatic heterocycles. The van der Waals surface area contributed by atoms with Gasteiger partial charge in [-0.05, 0) is 32.4 Å². The molecule has 1 aromatic carbocycles. The molecule has 17 heavy (non-hydrogen) atoms. The molecular weight excluding hydrogens is 214 g/mol. The van der Waals surface area contributed by atoms with Gasteiger partial charge in [-0.2, -0.15) is 0 Å². The van der Waals surface area contributed by atoms with Crippen LogP contribution in [0.4, 0.5) is 0 Å². The summed E-state index contributed by atoms with van der Waals surface area (Å²) in [6, 6.07) is 8.22. The predicted molar refractivity (Wildman–Crippen MR) is 67.0 cm³/mol. The van der Waals surface area contributed by atoms with Crippen LogP contribution in [0.1, 0.15) is 30.4 Å². The van der Waals surface area contributed by atoms with Crippen molar-refractivity contribution >= 4 is 5.97 Å². The highest BCUT2D eigenvalue weighted by molar-refractivity contribution is 5.77. The number of hydrogen-bond donors (Lipinski definition) is 1. The maximum Gasteiger partial charge on any atom is 0.323 e. The van der Waals surface area contributed by atoms with E-state index in [-0.39, 0.29) is 17.9 Å². The first kappa shape index (κ1) is 12.1. The van der Waals surface area contributed by atoms with Crippen molar-refractivity contribution in [3.63, 3.8) is 0 Å². The number of benzene rings is 1. The second kappa shape index (κ2) is 5.32. The molecule has 3 nitrogen and oxygen atoms in total. The maximum atomic E-state index is 11.8. The fourth-order valence-electron chi connectivity index (χ4n) is 2.36. The highest BCUT2D eigenvalue weighted by atomic mass is 16.5. The number of aryl methyl sites for hydroxylation is 1. The van der Waals surface area contributed by atoms with Gasteiger partial charge in [0.25, 0.3) is 0 Å². The van der Waals surface area contributed by atoms with Crippen LogP contribution in [0.3, 0.4) is 0 Å². The number of hydrogen-bond acceptors (Lipinski definition) is 3. The molecule has 0 spiro atoms. The van der Waals surface area contributed by atoms with Crippen molar-refractivity contribution in [2.24, 2.45) is 0 Å². The zero-order chi connectivity index (χ0) is 12.3. The summed E-state index contributed by atoms with van der Waals surface area (Å²) in [7, 11) is 0. The minimum atomic E-state index is -0.183. The van der Waals surface area contributed by atoms with Crippen LogP contribution in [0.25, 0.3) is 0 Å². The van der Waals surface area contributed by atoms with Crippen LogP contribution in [-0.4, -0.2) is 25.2 Å². The Morgan fingerprint density at radius 1 is 1.41 bits per heavy atom. The minimum absolute atomic E-state index is 0.129. The van der Waals surface area contributed by atoms with E-state index in [1.807, 2.05) is 6.92 Å². The standard InChI is InChI=1S/C14H19NO2/c1-3-17-14(16)13-12(8-9-15-13)11-6-4-10(2)5-7-11/h4-7,12-13,15H,3,8-9H2,1-2H3. The summed E-state index contributed by atoms with van der Waals surface area (Å²) < 4.78 is 5.10. The lowest BCUT2D eigenvalue weighted by molar-refractivity contribution is -0.145. The molecule has 0 aromatic heterocycles. The third kappa shape index (κ3) is 2.67. The Balaban J connectivity index is 2.14. The summed E-state index contributed by atoms with van der Waals surface area (Å²) in [5.74, 6) is 0.116. The summed E-state index contributed by atoms with van der Waals surface area (Å²) in [5.41, 5.74) is 2.46. The SMILES string of the molecule is CCOC(=O)C1NCCC1c1ccc(C)cc1. The Morgan fingerprint density at radius 2 is 2.12 bits per heavy atom. The van der Waals surface area contributed by atoms with Crippen molar-refractivity contribution in [1.82, 2.24) is 5.32 Å². The average molecular weight is 233 g/mol. The van der Waals surface area contributed by atoms with Gasteiger partial charge in [-0.1, -0.05) is 29.8 Å². The first-order valence-corrected chi connectivity index (χ1v) is 6.19. The number of esters is 1. The van der Waals surface area contributed by atoms with Crippen molar-refractivity contribution in [3.05, 3.63) is 35.4 Å². The zero-order valence-electron chi connectivity index (χ0n) is 10.4. The van der Waals surface area contributed by atoms with Gasteiger partial charge in [-0.15, -0.1) is 0 Å². The van der Waals surface area contributed by atoms with Gasteiger partial charge in [0.2, 0.25) is 0 Å². The Bertz CT molecular complexity index is 386. The van der Waals surface area contributed by atoms with E-state index < -0.39 is 0 Å². The molecule has 0 saturated carbocycles. The summed E-state index contributed by atoms with van der Waals surface area (Å²) in [4.78, 5) is 11.8. The molecule has 2 rings (SSSR count). The minimum Gasteiger partial charge on any atom is -0.465 e. The Hall–Kier alpha value is -1.35. The van der Waals surface area contributed by atoms with Gasteiger partial charge >= 0.3 is 5.97 Å². The van der Waals surface area contributed by atoms with E-state index in [0.717, 1.165) is 13.0 Å². The van der Waals surface area contributed by atoms with Crippen LogP contribution in [0.5, 0.6) is 0 Å². The zero-order valence-corrected chi connectivity index (χ0v) is 10.4. The van der Waals surface area contributed by atoms with Gasteiger partial charge < -0.3 is 10.1 Å². The van der Waals surface area contributed by atoms with Crippen molar-refractivity contribution < 1.29 is 9.53 Å². The van der Waals surface area contributed by atoms with Crippen molar-refractivity contribution in [2.45, 2.75) is 32.2 Å². The average Bonchev–Trinajstić information content (AvgIpc) is 2.79. The first-order chi connectivity index (χ1) is 8.22. The lowest BCUT2D eigenvalue weighted by Gasteiger charge is -2.18. The largest absolute Gasteiger partial charge is 0.465 e. The van der Waals surface area contributed by atoms with Crippen molar-refractivity contribution in [2.75, 3.05) is 13.2 Å². The fraction of sp³-hybridized carbons (Fsp3) is 0.500. The molecule has 1 N–H and O–H groups in total. The molecule has 0 bridgehead atoms. The first-order valence-electron chi connectivity index (χ1n) is 6.19. The molecule has 1 heterocycles. The fourth-order valence-corrected chi connectivity index (χ4v) is 2.36. The second-order valence-corrected chi connectivity index (χ2v) is 4.49. The molecule has 2 atom stereocenters. The quantitative estimate of drug-likeness (QED) is 0.812. The molecular formula is C14H19NO2. The molecule has 2 unspecified atom stereocenters. The third-order valence-corrected chi connectivity index (χ3v) is 3.27. The smallest absolute Gasteiger partial charge is 0.323 e. The molecule has 1 saturated heterocycles. The van der Waals surface area contributed by atoms with Crippen LogP contribution < -0.4 is 5.32 Å². The summed E-state index contributed by atoms with van der Waals surface area (Å²) in [5, 5.41) is 3.23. The summed E-state index contributed by atoms with van der Waals surface area (Å²) >= 11 is 0. The third-order valence-electron chi connectivity index (χ3n) is 3.27. The monoisotopic (exact) mass is 233 g/mol. The van der Waals surface area contributed by atoms with E-state index >= 15 is 0 Å². The van der Waals surface area contributed by atoms with E-state index in [9.17, 15) is 4.79 Å². The molecule has 3 heteroatoms. The van der Waals surface area contributed by atoms with Crippen molar-refractivity contribution in [3.8, 4) is 0 Å². The lowest BCUT2D eigenvalue weighted by Crippen LogP contribution is -2.36. The molecule has 1 fully saturated rings. The van der Waals surface area contributed by atoms with E-state index in [0.29, 0.717) is 6.61 Å². The Morgan fingerprint density at radius 3 is 2.76 bits per heavy atom. The van der Waals surface area contributed by atoms with Gasteiger partial charge in [-0.25, -0.2) is 0 Å². The molecule has 0 radical (unpaired) electrons. The van der Waals surface area contributed by atoms with Gasteiger partial charge in [-0.3, -0.25) is 4.79 Å². The van der Waals surface area contributed by atoms with Crippen LogP contribution in [0.2, 0.25) is 0 Å². The molecule has 0 amide bonds. The topological polar surface area (TPSA) is 38.3 Å². The molecule has 0 aliphatic carbocycles. The van der Waals surface area contributed by atoms with Gasteiger partial charge in [0.1, 0.15) is 6.04 Å². The van der Waals surface area contributed by atoms with Gasteiger partial charge in [0, 0.05) is 5.92 Å². The normalized spacial score (nSPS) is 23.6. The number of rotatable bonds is 3. The number of carbonyl (C=O) groups excluding carboxylic acids is 1. The number of carbonyl (C=O) groups is 1. The predicted octanol–water partition coefficient (Wildman–Crippen LogP) is 2.00. The van der Waals surface area contributed by atoms with Crippen LogP contribution in [0, 0.1) is 6.92 Å². The van der Waals surface area contributed by atoms with Crippen LogP contribution >= 0.6 is 0 Å². The number of nitrogens with one attached hydrogen (secondary N) is 1. The Kier molecular flexibility index (Phi) is 3.79. The molecule has 1 aliphatic rings. The van der Waals surface area contributed by atoms with Crippen LogP contribution in [-0.2, 0) is 9.53 Å². The van der Waals surface area contributed by atoms with E-state index in [4.69, 9.17) is 4.74 Å². The highest BCUT2D eigenvalue weighted by Crippen LogP contribution is 2.28. The Labute approximate surface area is 102 Å². The van der Waals surface area contributed by atoms with E-state index in [1.54, 1.807) is 0 Å². The van der Waals surface area contributed by atoms with E-state index in [1.165, 1.54) is 11.1 Å². The highest BCUT2D eigenvalue weighted by Gasteiger charge is 2.34. The maximum absolute atomic E-state index is 11.8. The second-order valence-electron chi connectivity index (χ2n) is 4.49. The lowest BCUT2D eigenvalue weighted by atomic mass is 9.91. The molecule has 1 aromatic rings. The van der Waals surface area contributed by atoms with Gasteiger partial charge in [0.15, 0.2) is 0 Å². The summed E-state index contributed by atoms with van der Waals surface area (Å²) in [6.07, 6.45) is 0.993. The summed E-state index contributed by atoms with van der Waals surface area (Å²) in [6.45, 7) is 5.23. The van der Waals surface area contributed by atoms with E-state index in [2.05, 4.69) is 36.5 Å².